The van der Waals surface area contributed by atoms with Crippen LogP contribution in [0.25, 0.3) is 22.2 Å². The number of benzene rings is 3. The molecule has 0 N–H and O–H groups in total. The molecule has 1 fully saturated rings. The molecule has 6 nitrogen and oxygen atoms in total. The van der Waals surface area contributed by atoms with Crippen LogP contribution in [-0.4, -0.2) is 47.0 Å². The molecule has 0 aliphatic carbocycles. The molecule has 1 aliphatic rings. The average molecular weight is 504 g/mol. The van der Waals surface area contributed by atoms with E-state index in [0.717, 1.165) is 42.6 Å². The predicted molar refractivity (Wildman–Crippen MR) is 143 cm³/mol. The summed E-state index contributed by atoms with van der Waals surface area (Å²) < 4.78 is 6.69. The molecule has 3 aromatic carbocycles. The van der Waals surface area contributed by atoms with E-state index in [-0.39, 0.29) is 12.5 Å². The zero-order chi connectivity index (χ0) is 25.3. The number of aromatic nitrogens is 1. The molecular formula is C29H30ClN3O3. The Bertz CT molecular complexity index is 1420. The standard InChI is InChI=1S/C29H30ClN3O3/c1-29(20-32-16-6-7-17-32,23-12-10-22(11-13-23)21-8-4-3-5-9-21)31(2)27(34)19-33-25-18-24(30)14-15-26(25)36-28(33)35/h3-5,8-15,18H,6-7,16-17,19-20H2,1-2H3. The first-order valence-electron chi connectivity index (χ1n) is 12.3. The van der Waals surface area contributed by atoms with Gasteiger partial charge in [-0.15, -0.1) is 0 Å². The third-order valence-corrected chi connectivity index (χ3v) is 7.62. The van der Waals surface area contributed by atoms with Gasteiger partial charge in [-0.1, -0.05) is 66.2 Å². The van der Waals surface area contributed by atoms with Gasteiger partial charge in [0.15, 0.2) is 5.58 Å². The van der Waals surface area contributed by atoms with Gasteiger partial charge in [-0.2, -0.15) is 0 Å². The lowest BCUT2D eigenvalue weighted by atomic mass is 9.88. The number of carbonyl (C=O) groups excluding carboxylic acids is 1. The number of oxazole rings is 1. The van der Waals surface area contributed by atoms with Crippen molar-refractivity contribution >= 4 is 28.6 Å². The van der Waals surface area contributed by atoms with Crippen molar-refractivity contribution in [3.05, 3.63) is 93.9 Å². The number of rotatable bonds is 7. The summed E-state index contributed by atoms with van der Waals surface area (Å²) in [6.45, 7) is 4.73. The van der Waals surface area contributed by atoms with Gasteiger partial charge in [0.25, 0.3) is 0 Å². The lowest BCUT2D eigenvalue weighted by molar-refractivity contribution is -0.137. The molecule has 4 aromatic rings. The van der Waals surface area contributed by atoms with Crippen LogP contribution in [0.15, 0.2) is 82.0 Å². The van der Waals surface area contributed by atoms with E-state index in [1.54, 1.807) is 23.1 Å². The van der Waals surface area contributed by atoms with Gasteiger partial charge in [-0.25, -0.2) is 4.79 Å². The molecule has 7 heteroatoms. The van der Waals surface area contributed by atoms with Crippen LogP contribution in [0.3, 0.4) is 0 Å². The third kappa shape index (κ3) is 4.71. The van der Waals surface area contributed by atoms with Crippen LogP contribution in [0.1, 0.15) is 25.3 Å². The van der Waals surface area contributed by atoms with Crippen LogP contribution in [0.2, 0.25) is 5.02 Å². The molecule has 0 saturated carbocycles. The highest BCUT2D eigenvalue weighted by atomic mass is 35.5. The molecule has 1 amide bonds. The number of hydrogen-bond acceptors (Lipinski definition) is 4. The molecule has 186 valence electrons. The van der Waals surface area contributed by atoms with Gasteiger partial charge >= 0.3 is 5.76 Å². The highest BCUT2D eigenvalue weighted by Gasteiger charge is 2.37. The fourth-order valence-electron chi connectivity index (χ4n) is 5.12. The minimum Gasteiger partial charge on any atom is -0.408 e. The molecule has 5 rings (SSSR count). The van der Waals surface area contributed by atoms with Gasteiger partial charge in [-0.05, 0) is 67.7 Å². The van der Waals surface area contributed by atoms with E-state index in [0.29, 0.717) is 22.7 Å². The highest BCUT2D eigenvalue weighted by molar-refractivity contribution is 6.31. The number of hydrogen-bond donors (Lipinski definition) is 0. The first kappa shape index (κ1) is 24.3. The van der Waals surface area contributed by atoms with Crippen molar-refractivity contribution in [3.8, 4) is 11.1 Å². The zero-order valence-electron chi connectivity index (χ0n) is 20.6. The van der Waals surface area contributed by atoms with Crippen LogP contribution in [0.5, 0.6) is 0 Å². The van der Waals surface area contributed by atoms with Crippen molar-refractivity contribution in [1.82, 2.24) is 14.4 Å². The largest absolute Gasteiger partial charge is 0.420 e. The second-order valence-electron chi connectivity index (χ2n) is 9.72. The Morgan fingerprint density at radius 3 is 2.36 bits per heavy atom. The van der Waals surface area contributed by atoms with Crippen LogP contribution in [-0.2, 0) is 16.9 Å². The summed E-state index contributed by atoms with van der Waals surface area (Å²) in [4.78, 5) is 30.4. The summed E-state index contributed by atoms with van der Waals surface area (Å²) in [7, 11) is 1.82. The molecule has 1 saturated heterocycles. The Morgan fingerprint density at radius 2 is 1.67 bits per heavy atom. The van der Waals surface area contributed by atoms with Crippen LogP contribution in [0.4, 0.5) is 0 Å². The van der Waals surface area contributed by atoms with Gasteiger partial charge in [0.1, 0.15) is 6.54 Å². The maximum atomic E-state index is 13.6. The van der Waals surface area contributed by atoms with E-state index in [1.807, 2.05) is 25.2 Å². The minimum atomic E-state index is -0.586. The molecule has 1 unspecified atom stereocenters. The second-order valence-corrected chi connectivity index (χ2v) is 10.2. The summed E-state index contributed by atoms with van der Waals surface area (Å²) in [6.07, 6.45) is 2.33. The van der Waals surface area contributed by atoms with Crippen LogP contribution in [0, 0.1) is 0 Å². The van der Waals surface area contributed by atoms with Gasteiger partial charge in [-0.3, -0.25) is 9.36 Å². The van der Waals surface area contributed by atoms with Gasteiger partial charge in [0.2, 0.25) is 5.91 Å². The zero-order valence-corrected chi connectivity index (χ0v) is 21.4. The molecule has 36 heavy (non-hydrogen) atoms. The van der Waals surface area contributed by atoms with Crippen molar-refractivity contribution in [1.29, 1.82) is 0 Å². The Balaban J connectivity index is 1.46. The normalized spacial score (nSPS) is 15.8. The smallest absolute Gasteiger partial charge is 0.408 e. The fraction of sp³-hybridized carbons (Fsp3) is 0.310. The molecule has 1 aromatic heterocycles. The van der Waals surface area contributed by atoms with Crippen molar-refractivity contribution < 1.29 is 9.21 Å². The van der Waals surface area contributed by atoms with Crippen LogP contribution < -0.4 is 5.76 Å². The second kappa shape index (κ2) is 9.96. The number of fused-ring (bicyclic) bond motifs is 1. The lowest BCUT2D eigenvalue weighted by Gasteiger charge is -2.42. The number of halogens is 1. The van der Waals surface area contributed by atoms with Crippen LogP contribution >= 0.6 is 11.6 Å². The summed E-state index contributed by atoms with van der Waals surface area (Å²) >= 11 is 6.15. The molecule has 0 bridgehead atoms. The van der Waals surface area contributed by atoms with Crippen molar-refractivity contribution in [2.75, 3.05) is 26.7 Å². The Morgan fingerprint density at radius 1 is 1.00 bits per heavy atom. The molecule has 1 atom stereocenters. The van der Waals surface area contributed by atoms with E-state index in [1.165, 1.54) is 4.57 Å². The highest BCUT2D eigenvalue weighted by Crippen LogP contribution is 2.32. The Labute approximate surface area is 215 Å². The van der Waals surface area contributed by atoms with Gasteiger partial charge in [0.05, 0.1) is 11.1 Å². The lowest BCUT2D eigenvalue weighted by Crippen LogP contribution is -2.52. The summed E-state index contributed by atoms with van der Waals surface area (Å²) in [5.41, 5.74) is 3.68. The average Bonchev–Trinajstić information content (AvgIpc) is 3.51. The molecule has 2 heterocycles. The summed E-state index contributed by atoms with van der Waals surface area (Å²) in [6, 6.07) is 23.7. The first-order chi connectivity index (χ1) is 17.3. The third-order valence-electron chi connectivity index (χ3n) is 7.38. The maximum Gasteiger partial charge on any atom is 0.420 e. The van der Waals surface area contributed by atoms with E-state index in [2.05, 4.69) is 48.2 Å². The monoisotopic (exact) mass is 503 g/mol. The quantitative estimate of drug-likeness (QED) is 0.339. The minimum absolute atomic E-state index is 0.125. The number of likely N-dealkylation sites (N-methyl/N-ethyl adjacent to an activating group) is 1. The van der Waals surface area contributed by atoms with Crippen molar-refractivity contribution in [2.24, 2.45) is 0 Å². The van der Waals surface area contributed by atoms with E-state index >= 15 is 0 Å². The maximum absolute atomic E-state index is 13.6. The van der Waals surface area contributed by atoms with E-state index < -0.39 is 11.3 Å². The first-order valence-corrected chi connectivity index (χ1v) is 12.7. The van der Waals surface area contributed by atoms with Gasteiger partial charge in [0, 0.05) is 18.6 Å². The fourth-order valence-corrected chi connectivity index (χ4v) is 5.29. The summed E-state index contributed by atoms with van der Waals surface area (Å²) in [5, 5.41) is 0.482. The number of amides is 1. The molecule has 0 radical (unpaired) electrons. The van der Waals surface area contributed by atoms with E-state index in [9.17, 15) is 9.59 Å². The van der Waals surface area contributed by atoms with Crippen molar-refractivity contribution in [2.45, 2.75) is 31.8 Å². The Hall–Kier alpha value is -3.35. The predicted octanol–water partition coefficient (Wildman–Crippen LogP) is 5.38. The summed E-state index contributed by atoms with van der Waals surface area (Å²) in [5.74, 6) is -0.740. The molecule has 1 aliphatic heterocycles. The Kier molecular flexibility index (Phi) is 6.73. The topological polar surface area (TPSA) is 58.7 Å². The van der Waals surface area contributed by atoms with E-state index in [4.69, 9.17) is 16.0 Å². The SMILES string of the molecule is CN(C(=O)Cn1c(=O)oc2ccc(Cl)cc21)C(C)(CN1CCCC1)c1ccc(-c2ccccc2)cc1. The number of carbonyl (C=O) groups is 1. The molecular weight excluding hydrogens is 474 g/mol. The van der Waals surface area contributed by atoms with Crippen molar-refractivity contribution in [3.63, 3.8) is 0 Å². The number of nitrogens with zero attached hydrogens (tertiary/aromatic N) is 3. The molecule has 0 spiro atoms. The number of likely N-dealkylation sites (tertiary alicyclic amines) is 1. The van der Waals surface area contributed by atoms with Gasteiger partial charge < -0.3 is 14.2 Å².